The molecule has 0 aliphatic carbocycles. The number of hydrogen-bond donors (Lipinski definition) is 12. The molecule has 12 amide bonds. The molecule has 0 radical (unpaired) electrons. The summed E-state index contributed by atoms with van der Waals surface area (Å²) in [5.41, 5.74) is 16.4. The third-order valence-corrected chi connectivity index (χ3v) is 10.6. The molecule has 2 rings (SSSR count). The molecule has 0 aromatic heterocycles. The number of rotatable bonds is 19. The number of phenolic OH excluding ortho intramolecular Hbond substituents is 1. The number of nitrogens with two attached hydrogens (primary N) is 3. The van der Waals surface area contributed by atoms with Crippen molar-refractivity contribution in [2.75, 3.05) is 26.7 Å². The van der Waals surface area contributed by atoms with Gasteiger partial charge >= 0.3 is 0 Å². The Morgan fingerprint density at radius 1 is 0.776 bits per heavy atom. The second-order valence-electron chi connectivity index (χ2n) is 16.2. The molecule has 25 heteroatoms. The van der Waals surface area contributed by atoms with Gasteiger partial charge in [-0.1, -0.05) is 52.2 Å². The van der Waals surface area contributed by atoms with Crippen LogP contribution in [0.3, 0.4) is 0 Å². The van der Waals surface area contributed by atoms with Crippen LogP contribution in [0, 0.1) is 5.92 Å². The zero-order valence-corrected chi connectivity index (χ0v) is 38.1. The molecule has 1 aromatic rings. The summed E-state index contributed by atoms with van der Waals surface area (Å²) in [6.07, 6.45) is -1.27. The fourth-order valence-corrected chi connectivity index (χ4v) is 6.58. The van der Waals surface area contributed by atoms with Crippen molar-refractivity contribution in [3.05, 3.63) is 29.8 Å². The Bertz CT molecular complexity index is 1980. The molecule has 1 aliphatic heterocycles. The fraction of sp³-hybridized carbons (Fsp3) is 0.571. The van der Waals surface area contributed by atoms with Crippen LogP contribution in [-0.2, 0) is 64.0 Å². The number of benzene rings is 1. The van der Waals surface area contributed by atoms with E-state index in [1.807, 2.05) is 6.92 Å². The predicted molar refractivity (Wildman–Crippen MR) is 237 cm³/mol. The first-order chi connectivity index (χ1) is 31.5. The molecule has 0 bridgehead atoms. The molecular weight excluding hydrogens is 881 g/mol. The van der Waals surface area contributed by atoms with Crippen molar-refractivity contribution in [2.24, 2.45) is 23.1 Å². The number of hydrogen-bond acceptors (Lipinski definition) is 13. The van der Waals surface area contributed by atoms with Crippen molar-refractivity contribution < 1.29 is 62.6 Å². The SMILES string of the molecule is CCCC[C@H](NC(=O)CN(C)C(=O)[C@@H]1CNC(=O)CCC(=O)N[C@@H](Cc2ccc(O)cc2)C(=O)N[C@@H]([C@@H](C)CC)C(=O)N[C@@H](CCC(N)=O)C(=O)N[C@@H](CC(N)=O)C(=O)N1)C(=O)NCC(N)=O. The smallest absolute Gasteiger partial charge is 0.247 e. The molecule has 7 atom stereocenters. The van der Waals surface area contributed by atoms with Gasteiger partial charge in [0.15, 0.2) is 0 Å². The van der Waals surface area contributed by atoms with E-state index in [-0.39, 0.29) is 18.6 Å². The summed E-state index contributed by atoms with van der Waals surface area (Å²) in [4.78, 5) is 158. The minimum Gasteiger partial charge on any atom is -0.508 e. The van der Waals surface area contributed by atoms with Crippen LogP contribution in [0.1, 0.15) is 84.1 Å². The lowest BCUT2D eigenvalue weighted by Crippen LogP contribution is -2.61. The molecule has 0 spiro atoms. The highest BCUT2D eigenvalue weighted by molar-refractivity contribution is 5.99. The lowest BCUT2D eigenvalue weighted by Gasteiger charge is -2.29. The first kappa shape index (κ1) is 55.8. The largest absolute Gasteiger partial charge is 0.508 e. The van der Waals surface area contributed by atoms with E-state index in [9.17, 15) is 62.6 Å². The van der Waals surface area contributed by atoms with Crippen LogP contribution >= 0.6 is 0 Å². The quantitative estimate of drug-likeness (QED) is 0.0621. The lowest BCUT2D eigenvalue weighted by molar-refractivity contribution is -0.140. The van der Waals surface area contributed by atoms with Crippen molar-refractivity contribution in [2.45, 2.75) is 121 Å². The van der Waals surface area contributed by atoms with Crippen LogP contribution in [0.2, 0.25) is 0 Å². The number of carbonyl (C=O) groups excluding carboxylic acids is 12. The number of carbonyl (C=O) groups is 12. The van der Waals surface area contributed by atoms with Crippen molar-refractivity contribution in [1.82, 2.24) is 47.4 Å². The third-order valence-electron chi connectivity index (χ3n) is 10.6. The Morgan fingerprint density at radius 3 is 1.99 bits per heavy atom. The summed E-state index contributed by atoms with van der Waals surface area (Å²) in [5, 5.41) is 29.3. The molecular formula is C42H64N12O13. The summed E-state index contributed by atoms with van der Waals surface area (Å²) in [7, 11) is 1.16. The van der Waals surface area contributed by atoms with Gasteiger partial charge in [-0.15, -0.1) is 0 Å². The van der Waals surface area contributed by atoms with Gasteiger partial charge in [-0.3, -0.25) is 57.5 Å². The van der Waals surface area contributed by atoms with Crippen LogP contribution in [0.25, 0.3) is 0 Å². The highest BCUT2D eigenvalue weighted by Crippen LogP contribution is 2.14. The number of primary amides is 3. The summed E-state index contributed by atoms with van der Waals surface area (Å²) in [6.45, 7) is 3.31. The van der Waals surface area contributed by atoms with E-state index in [4.69, 9.17) is 17.2 Å². The predicted octanol–water partition coefficient (Wildman–Crippen LogP) is -4.81. The van der Waals surface area contributed by atoms with Gasteiger partial charge in [0.2, 0.25) is 70.9 Å². The van der Waals surface area contributed by atoms with E-state index in [0.29, 0.717) is 24.8 Å². The van der Waals surface area contributed by atoms with Crippen molar-refractivity contribution in [1.29, 1.82) is 0 Å². The number of phenols is 1. The number of aromatic hydroxyl groups is 1. The van der Waals surface area contributed by atoms with Gasteiger partial charge in [0, 0.05) is 39.3 Å². The van der Waals surface area contributed by atoms with E-state index in [0.717, 1.165) is 11.9 Å². The van der Waals surface area contributed by atoms with E-state index in [1.165, 1.54) is 24.3 Å². The standard InChI is InChI=1S/C42H64N12O13/c1-5-7-8-25(37(62)47-20-32(45)58)48-35(61)21-54(4)42(67)29-19-46-33(59)15-16-34(60)49-27(17-23-9-11-24(55)12-10-23)40(65)53-36(22(3)6-2)41(66)50-26(13-14-30(43)56)38(63)51-28(18-31(44)57)39(64)52-29/h9-12,22,25-29,36,55H,5-8,13-21H2,1-4H3,(H2,43,56)(H2,44,57)(H2,45,58)(H,46,59)(H,47,62)(H,48,61)(H,49,60)(H,50,66)(H,51,63)(H,52,64)(H,53,65)/t22-,25-,26-,27-,28-,29-,36-/m0/s1. The lowest BCUT2D eigenvalue weighted by atomic mass is 9.96. The molecule has 1 fully saturated rings. The van der Waals surface area contributed by atoms with Crippen molar-refractivity contribution >= 4 is 70.9 Å². The second kappa shape index (κ2) is 27.9. The molecule has 1 heterocycles. The average molecular weight is 945 g/mol. The topological polar surface area (TPSA) is 403 Å². The van der Waals surface area contributed by atoms with Crippen LogP contribution in [0.4, 0.5) is 0 Å². The Labute approximate surface area is 386 Å². The van der Waals surface area contributed by atoms with Crippen molar-refractivity contribution in [3.8, 4) is 5.75 Å². The average Bonchev–Trinajstić information content (AvgIpc) is 3.26. The number of amides is 12. The third kappa shape index (κ3) is 20.2. The van der Waals surface area contributed by atoms with Gasteiger partial charge in [-0.25, -0.2) is 0 Å². The van der Waals surface area contributed by atoms with Gasteiger partial charge in [0.25, 0.3) is 0 Å². The molecule has 0 saturated carbocycles. The Kier molecular flexibility index (Phi) is 23.2. The zero-order chi connectivity index (χ0) is 50.4. The summed E-state index contributed by atoms with van der Waals surface area (Å²) >= 11 is 0. The zero-order valence-electron chi connectivity index (χ0n) is 38.1. The Balaban J connectivity index is 2.58. The minimum absolute atomic E-state index is 0.0684. The van der Waals surface area contributed by atoms with E-state index < -0.39 is 165 Å². The molecule has 25 nitrogen and oxygen atoms in total. The Morgan fingerprint density at radius 2 is 1.39 bits per heavy atom. The fourth-order valence-electron chi connectivity index (χ4n) is 6.58. The highest BCUT2D eigenvalue weighted by atomic mass is 16.3. The summed E-state index contributed by atoms with van der Waals surface area (Å²) in [5.74, 6) is -11.7. The van der Waals surface area contributed by atoms with Crippen LogP contribution < -0.4 is 59.7 Å². The second-order valence-corrected chi connectivity index (χ2v) is 16.2. The maximum atomic E-state index is 14.0. The molecule has 370 valence electrons. The van der Waals surface area contributed by atoms with Gasteiger partial charge < -0.3 is 69.7 Å². The van der Waals surface area contributed by atoms with E-state index in [2.05, 4.69) is 42.5 Å². The minimum atomic E-state index is -1.84. The van der Waals surface area contributed by atoms with Gasteiger partial charge in [-0.2, -0.15) is 0 Å². The monoisotopic (exact) mass is 944 g/mol. The molecule has 1 aromatic carbocycles. The molecule has 0 unspecified atom stereocenters. The maximum absolute atomic E-state index is 14.0. The van der Waals surface area contributed by atoms with Crippen LogP contribution in [-0.4, -0.2) is 144 Å². The molecule has 1 aliphatic rings. The first-order valence-corrected chi connectivity index (χ1v) is 21.8. The number of nitrogens with one attached hydrogen (secondary N) is 8. The van der Waals surface area contributed by atoms with Crippen molar-refractivity contribution in [3.63, 3.8) is 0 Å². The molecule has 1 saturated heterocycles. The van der Waals surface area contributed by atoms with Gasteiger partial charge in [0.1, 0.15) is 42.0 Å². The van der Waals surface area contributed by atoms with Gasteiger partial charge in [0.05, 0.1) is 19.5 Å². The number of nitrogens with zero attached hydrogens (tertiary/aromatic N) is 1. The Hall–Kier alpha value is -7.34. The summed E-state index contributed by atoms with van der Waals surface area (Å²) in [6, 6.07) is -3.27. The maximum Gasteiger partial charge on any atom is 0.247 e. The van der Waals surface area contributed by atoms with Gasteiger partial charge in [-0.05, 0) is 36.5 Å². The molecule has 67 heavy (non-hydrogen) atoms. The van der Waals surface area contributed by atoms with Crippen LogP contribution in [0.15, 0.2) is 24.3 Å². The van der Waals surface area contributed by atoms with E-state index in [1.54, 1.807) is 13.8 Å². The number of unbranched alkanes of at least 4 members (excludes halogenated alkanes) is 1. The highest BCUT2D eigenvalue weighted by Gasteiger charge is 2.36. The van der Waals surface area contributed by atoms with Crippen LogP contribution in [0.5, 0.6) is 5.75 Å². The molecule has 15 N–H and O–H groups in total. The number of likely N-dealkylation sites (N-methyl/N-ethyl adjacent to an activating group) is 1. The summed E-state index contributed by atoms with van der Waals surface area (Å²) < 4.78 is 0. The first-order valence-electron chi connectivity index (χ1n) is 21.8. The van der Waals surface area contributed by atoms with E-state index >= 15 is 0 Å². The normalized spacial score (nSPS) is 21.0.